The smallest absolute Gasteiger partial charge is 0.0546 e. The number of hydrogen-bond acceptors (Lipinski definition) is 2. The Morgan fingerprint density at radius 2 is 2.14 bits per heavy atom. The predicted octanol–water partition coefficient (Wildman–Crippen LogP) is 1.97. The molecule has 0 unspecified atom stereocenters. The molecule has 2 N–H and O–H groups in total. The first kappa shape index (κ1) is 9.71. The number of hydrogen-bond donors (Lipinski definition) is 1. The third-order valence-corrected chi connectivity index (χ3v) is 2.71. The van der Waals surface area contributed by atoms with E-state index in [1.54, 1.807) is 0 Å². The lowest BCUT2D eigenvalue weighted by atomic mass is 10.1. The second kappa shape index (κ2) is 3.09. The molecular weight excluding hydrogens is 174 g/mol. The Kier molecular flexibility index (Phi) is 2.14. The van der Waals surface area contributed by atoms with Gasteiger partial charge in [-0.05, 0) is 33.6 Å². The molecule has 1 saturated carbocycles. The number of nitrogens with zero attached hydrogens (tertiary/aromatic N) is 2. The van der Waals surface area contributed by atoms with Crippen LogP contribution in [0.1, 0.15) is 50.8 Å². The molecule has 1 heterocycles. The van der Waals surface area contributed by atoms with Gasteiger partial charge in [-0.1, -0.05) is 0 Å². The van der Waals surface area contributed by atoms with Gasteiger partial charge >= 0.3 is 0 Å². The number of rotatable bonds is 2. The fourth-order valence-corrected chi connectivity index (χ4v) is 1.88. The summed E-state index contributed by atoms with van der Waals surface area (Å²) in [5.41, 5.74) is 8.39. The average Bonchev–Trinajstić information content (AvgIpc) is 2.82. The van der Waals surface area contributed by atoms with Crippen molar-refractivity contribution >= 4 is 0 Å². The molecule has 1 aliphatic rings. The third kappa shape index (κ3) is 1.57. The minimum absolute atomic E-state index is 0.0747. The van der Waals surface area contributed by atoms with Gasteiger partial charge in [-0.15, -0.1) is 0 Å². The maximum atomic E-state index is 5.72. The van der Waals surface area contributed by atoms with E-state index in [9.17, 15) is 0 Å². The van der Waals surface area contributed by atoms with E-state index in [0.29, 0.717) is 6.54 Å². The molecule has 0 atom stereocenters. The first-order valence-corrected chi connectivity index (χ1v) is 5.31. The fraction of sp³-hybridized carbons (Fsp3) is 0.727. The zero-order valence-electron chi connectivity index (χ0n) is 9.25. The van der Waals surface area contributed by atoms with Crippen LogP contribution in [0, 0.1) is 0 Å². The van der Waals surface area contributed by atoms with Crippen molar-refractivity contribution in [2.75, 3.05) is 0 Å². The van der Waals surface area contributed by atoms with Crippen LogP contribution >= 0.6 is 0 Å². The summed E-state index contributed by atoms with van der Waals surface area (Å²) >= 11 is 0. The van der Waals surface area contributed by atoms with Gasteiger partial charge in [0, 0.05) is 23.7 Å². The maximum absolute atomic E-state index is 5.72. The van der Waals surface area contributed by atoms with Gasteiger partial charge in [0.25, 0.3) is 0 Å². The molecule has 3 heteroatoms. The Balaban J connectivity index is 2.44. The molecule has 78 valence electrons. The lowest BCUT2D eigenvalue weighted by molar-refractivity contribution is 0.343. The van der Waals surface area contributed by atoms with Crippen molar-refractivity contribution in [3.05, 3.63) is 17.5 Å². The van der Waals surface area contributed by atoms with Gasteiger partial charge < -0.3 is 5.73 Å². The van der Waals surface area contributed by atoms with Crippen molar-refractivity contribution in [1.82, 2.24) is 9.78 Å². The molecule has 0 saturated heterocycles. The van der Waals surface area contributed by atoms with E-state index in [4.69, 9.17) is 5.73 Å². The summed E-state index contributed by atoms with van der Waals surface area (Å²) in [5, 5.41) is 4.46. The Morgan fingerprint density at radius 1 is 1.50 bits per heavy atom. The van der Waals surface area contributed by atoms with Crippen molar-refractivity contribution in [3.8, 4) is 0 Å². The molecule has 3 nitrogen and oxygen atoms in total. The molecule has 2 rings (SSSR count). The van der Waals surface area contributed by atoms with Gasteiger partial charge in [0.05, 0.1) is 11.7 Å². The van der Waals surface area contributed by atoms with E-state index in [0.717, 1.165) is 5.92 Å². The zero-order valence-corrected chi connectivity index (χ0v) is 9.25. The van der Waals surface area contributed by atoms with E-state index in [2.05, 4.69) is 30.6 Å². The summed E-state index contributed by atoms with van der Waals surface area (Å²) in [6.45, 7) is 7.17. The Bertz CT molecular complexity index is 329. The van der Waals surface area contributed by atoms with E-state index < -0.39 is 0 Å². The second-order valence-electron chi connectivity index (χ2n) is 5.12. The minimum atomic E-state index is 0.0747. The maximum Gasteiger partial charge on any atom is 0.0546 e. The van der Waals surface area contributed by atoms with Gasteiger partial charge in [-0.3, -0.25) is 4.68 Å². The highest BCUT2D eigenvalue weighted by atomic mass is 15.3. The molecular formula is C11H19N3. The first-order chi connectivity index (χ1) is 6.54. The molecule has 0 radical (unpaired) electrons. The van der Waals surface area contributed by atoms with Crippen LogP contribution in [-0.4, -0.2) is 9.78 Å². The van der Waals surface area contributed by atoms with Gasteiger partial charge in [-0.25, -0.2) is 0 Å². The molecule has 1 fully saturated rings. The molecule has 0 aliphatic heterocycles. The van der Waals surface area contributed by atoms with Crippen LogP contribution < -0.4 is 5.73 Å². The van der Waals surface area contributed by atoms with E-state index in [-0.39, 0.29) is 5.54 Å². The third-order valence-electron chi connectivity index (χ3n) is 2.71. The van der Waals surface area contributed by atoms with E-state index in [1.165, 1.54) is 24.1 Å². The molecule has 0 bridgehead atoms. The highest BCUT2D eigenvalue weighted by molar-refractivity contribution is 5.26. The van der Waals surface area contributed by atoms with Crippen molar-refractivity contribution in [2.24, 2.45) is 5.73 Å². The zero-order chi connectivity index (χ0) is 10.3. The van der Waals surface area contributed by atoms with Gasteiger partial charge in [0.1, 0.15) is 0 Å². The lowest BCUT2D eigenvalue weighted by Gasteiger charge is -2.23. The number of nitrogens with two attached hydrogens (primary N) is 1. The highest BCUT2D eigenvalue weighted by Crippen LogP contribution is 2.42. The van der Waals surface area contributed by atoms with Crippen LogP contribution in [0.15, 0.2) is 6.20 Å². The molecule has 0 amide bonds. The first-order valence-electron chi connectivity index (χ1n) is 5.31. The monoisotopic (exact) mass is 193 g/mol. The molecule has 1 aromatic rings. The Morgan fingerprint density at radius 3 is 2.57 bits per heavy atom. The van der Waals surface area contributed by atoms with Crippen LogP contribution in [0.4, 0.5) is 0 Å². The normalized spacial score (nSPS) is 17.4. The lowest BCUT2D eigenvalue weighted by Crippen LogP contribution is -2.25. The largest absolute Gasteiger partial charge is 0.326 e. The molecule has 14 heavy (non-hydrogen) atoms. The molecule has 0 spiro atoms. The van der Waals surface area contributed by atoms with Gasteiger partial charge in [0.15, 0.2) is 0 Å². The molecule has 0 aromatic carbocycles. The predicted molar refractivity (Wildman–Crippen MR) is 57.1 cm³/mol. The number of aromatic nitrogens is 2. The molecule has 1 aliphatic carbocycles. The summed E-state index contributed by atoms with van der Waals surface area (Å²) in [6, 6.07) is 0. The average molecular weight is 193 g/mol. The van der Waals surface area contributed by atoms with Gasteiger partial charge in [0.2, 0.25) is 0 Å². The Labute approximate surface area is 85.3 Å². The summed E-state index contributed by atoms with van der Waals surface area (Å²) in [7, 11) is 0. The summed E-state index contributed by atoms with van der Waals surface area (Å²) < 4.78 is 2.15. The van der Waals surface area contributed by atoms with Crippen molar-refractivity contribution in [2.45, 2.75) is 51.6 Å². The van der Waals surface area contributed by atoms with Crippen LogP contribution in [0.25, 0.3) is 0 Å². The summed E-state index contributed by atoms with van der Waals surface area (Å²) in [5.74, 6) is 0.718. The van der Waals surface area contributed by atoms with Crippen LogP contribution in [-0.2, 0) is 12.1 Å². The summed E-state index contributed by atoms with van der Waals surface area (Å²) in [6.07, 6.45) is 4.53. The standard InChI is InChI=1S/C11H19N3/c1-11(2,3)14-10(8-4-5-8)9(6-12)7-13-14/h7-8H,4-6,12H2,1-3H3. The highest BCUT2D eigenvalue weighted by Gasteiger charge is 2.32. The quantitative estimate of drug-likeness (QED) is 0.780. The van der Waals surface area contributed by atoms with Crippen molar-refractivity contribution in [1.29, 1.82) is 0 Å². The van der Waals surface area contributed by atoms with E-state index >= 15 is 0 Å². The SMILES string of the molecule is CC(C)(C)n1ncc(CN)c1C1CC1. The van der Waals surface area contributed by atoms with Crippen LogP contribution in [0.5, 0.6) is 0 Å². The fourth-order valence-electron chi connectivity index (χ4n) is 1.88. The van der Waals surface area contributed by atoms with Crippen molar-refractivity contribution in [3.63, 3.8) is 0 Å². The minimum Gasteiger partial charge on any atom is -0.326 e. The van der Waals surface area contributed by atoms with Crippen LogP contribution in [0.2, 0.25) is 0 Å². The van der Waals surface area contributed by atoms with Crippen molar-refractivity contribution < 1.29 is 0 Å². The van der Waals surface area contributed by atoms with Crippen LogP contribution in [0.3, 0.4) is 0 Å². The van der Waals surface area contributed by atoms with Gasteiger partial charge in [-0.2, -0.15) is 5.10 Å². The second-order valence-corrected chi connectivity index (χ2v) is 5.12. The van der Waals surface area contributed by atoms with E-state index in [1.807, 2.05) is 6.20 Å². The topological polar surface area (TPSA) is 43.8 Å². The summed E-state index contributed by atoms with van der Waals surface area (Å²) in [4.78, 5) is 0. The molecule has 1 aromatic heterocycles. The Hall–Kier alpha value is -0.830.